The molecule has 0 saturated heterocycles. The van der Waals surface area contributed by atoms with Crippen molar-refractivity contribution < 1.29 is 19.4 Å². The Hall–Kier alpha value is -4.38. The molecule has 1 aliphatic heterocycles. The van der Waals surface area contributed by atoms with Crippen LogP contribution in [0.25, 0.3) is 10.4 Å². The van der Waals surface area contributed by atoms with Crippen LogP contribution in [0.15, 0.2) is 112 Å². The first-order valence-electron chi connectivity index (χ1n) is 14.6. The van der Waals surface area contributed by atoms with Crippen molar-refractivity contribution in [1.29, 1.82) is 0 Å². The number of hydrogen-bond acceptors (Lipinski definition) is 7. The van der Waals surface area contributed by atoms with Crippen molar-refractivity contribution >= 4 is 39.3 Å². The van der Waals surface area contributed by atoms with Crippen LogP contribution < -0.4 is 15.6 Å². The number of hydrazine groups is 1. The second-order valence-corrected chi connectivity index (χ2v) is 12.0. The quantitative estimate of drug-likeness (QED) is 0.0427. The Morgan fingerprint density at radius 3 is 2.46 bits per heavy atom. The van der Waals surface area contributed by atoms with Crippen LogP contribution in [-0.2, 0) is 29.0 Å². The lowest BCUT2D eigenvalue weighted by Gasteiger charge is -2.31. The highest BCUT2D eigenvalue weighted by molar-refractivity contribution is 9.10. The van der Waals surface area contributed by atoms with Gasteiger partial charge in [-0.2, -0.15) is 0 Å². The maximum atomic E-state index is 14.5. The molecule has 4 aromatic rings. The van der Waals surface area contributed by atoms with Gasteiger partial charge in [0.2, 0.25) is 5.90 Å². The Bertz CT molecular complexity index is 1710. The van der Waals surface area contributed by atoms with Crippen molar-refractivity contribution in [3.8, 4) is 5.75 Å². The van der Waals surface area contributed by atoms with E-state index in [0.717, 1.165) is 26.7 Å². The molecule has 10 nitrogen and oxygen atoms in total. The number of ether oxygens (including phenoxy) is 2. The maximum absolute atomic E-state index is 14.5. The van der Waals surface area contributed by atoms with Crippen LogP contribution in [0.1, 0.15) is 40.3 Å². The molecule has 0 unspecified atom stereocenters. The van der Waals surface area contributed by atoms with Gasteiger partial charge in [0.25, 0.3) is 5.91 Å². The van der Waals surface area contributed by atoms with Gasteiger partial charge >= 0.3 is 0 Å². The molecular weight excluding hydrogens is 672 g/mol. The Labute approximate surface area is 280 Å². The van der Waals surface area contributed by atoms with E-state index in [0.29, 0.717) is 41.8 Å². The standard InChI is InChI=1S/C34H32BrClN6O4/c35-28-12-8-24(9-13-28)31-34(20-26-4-1-2-5-27(26)22-39-42-37,33(44)41-38-21-23-6-14-29(36)15-7-23)40-32(46-31)25-10-16-30(17-11-25)45-19-3-18-43/h1-2,4-17,31,38,43H,3,18-22H2,(H,41,44)/t31-,34-/m0/s1. The number of hydrogen-bond donors (Lipinski definition) is 3. The first-order chi connectivity index (χ1) is 22.4. The van der Waals surface area contributed by atoms with Crippen LogP contribution in [-0.4, -0.2) is 35.7 Å². The summed E-state index contributed by atoms with van der Waals surface area (Å²) in [7, 11) is 0. The van der Waals surface area contributed by atoms with E-state index in [9.17, 15) is 4.79 Å². The van der Waals surface area contributed by atoms with E-state index in [4.69, 9.17) is 36.7 Å². The highest BCUT2D eigenvalue weighted by Gasteiger charge is 2.53. The van der Waals surface area contributed by atoms with E-state index in [1.54, 1.807) is 24.3 Å². The molecule has 0 bridgehead atoms. The maximum Gasteiger partial charge on any atom is 0.266 e. The molecule has 0 radical (unpaired) electrons. The number of amides is 1. The van der Waals surface area contributed by atoms with Crippen molar-refractivity contribution in [2.45, 2.75) is 37.6 Å². The highest BCUT2D eigenvalue weighted by atomic mass is 79.9. The van der Waals surface area contributed by atoms with Gasteiger partial charge in [-0.15, -0.1) is 0 Å². The topological polar surface area (TPSA) is 141 Å². The number of benzene rings is 4. The minimum Gasteiger partial charge on any atom is -0.494 e. The van der Waals surface area contributed by atoms with E-state index in [1.165, 1.54) is 0 Å². The van der Waals surface area contributed by atoms with Crippen molar-refractivity contribution in [3.05, 3.63) is 145 Å². The summed E-state index contributed by atoms with van der Waals surface area (Å²) in [4.78, 5) is 22.5. The van der Waals surface area contributed by atoms with E-state index in [2.05, 4.69) is 36.8 Å². The summed E-state index contributed by atoms with van der Waals surface area (Å²) in [5, 5.41) is 13.5. The Balaban J connectivity index is 1.55. The molecule has 3 N–H and O–H groups in total. The van der Waals surface area contributed by atoms with Crippen LogP contribution in [0.2, 0.25) is 5.02 Å². The first kappa shape index (κ1) is 33.0. The van der Waals surface area contributed by atoms with Gasteiger partial charge in [0.15, 0.2) is 11.6 Å². The Morgan fingerprint density at radius 2 is 1.76 bits per heavy atom. The average Bonchev–Trinajstić information content (AvgIpc) is 3.46. The highest BCUT2D eigenvalue weighted by Crippen LogP contribution is 2.43. The molecule has 4 aromatic carbocycles. The zero-order valence-corrected chi connectivity index (χ0v) is 27.1. The second kappa shape index (κ2) is 15.8. The fraction of sp³-hybridized carbons (Fsp3) is 0.235. The molecule has 0 spiro atoms. The molecule has 0 aromatic heterocycles. The number of carbonyl (C=O) groups is 1. The SMILES string of the molecule is [N-]=[N+]=NCc1ccccc1C[C@]1(C(=O)NNCc2ccc(Cl)cc2)N=C(c2ccc(OCCCO)cc2)O[C@H]1c1ccc(Br)cc1. The van der Waals surface area contributed by atoms with E-state index < -0.39 is 17.6 Å². The number of nitrogens with one attached hydrogen (secondary N) is 2. The van der Waals surface area contributed by atoms with Gasteiger partial charge in [-0.3, -0.25) is 10.2 Å². The smallest absolute Gasteiger partial charge is 0.266 e. The van der Waals surface area contributed by atoms with E-state index in [1.807, 2.05) is 72.8 Å². The summed E-state index contributed by atoms with van der Waals surface area (Å²) in [5.41, 5.74) is 17.4. The van der Waals surface area contributed by atoms with Crippen LogP contribution >= 0.6 is 27.5 Å². The van der Waals surface area contributed by atoms with E-state index >= 15 is 0 Å². The third-order valence-electron chi connectivity index (χ3n) is 7.49. The van der Waals surface area contributed by atoms with Gasteiger partial charge in [0.1, 0.15) is 5.75 Å². The predicted molar refractivity (Wildman–Crippen MR) is 180 cm³/mol. The number of rotatable bonds is 14. The van der Waals surface area contributed by atoms with Gasteiger partial charge in [-0.05, 0) is 76.3 Å². The molecule has 1 amide bonds. The van der Waals surface area contributed by atoms with Crippen molar-refractivity contribution in [2.24, 2.45) is 10.1 Å². The number of carbonyl (C=O) groups excluding carboxylic acids is 1. The molecule has 236 valence electrons. The van der Waals surface area contributed by atoms with Crippen LogP contribution in [0.5, 0.6) is 5.75 Å². The van der Waals surface area contributed by atoms with Crippen molar-refractivity contribution in [2.75, 3.05) is 13.2 Å². The molecule has 0 aliphatic carbocycles. The van der Waals surface area contributed by atoms with Gasteiger partial charge in [-0.1, -0.05) is 81.2 Å². The molecule has 46 heavy (non-hydrogen) atoms. The van der Waals surface area contributed by atoms with Crippen molar-refractivity contribution in [1.82, 2.24) is 10.9 Å². The largest absolute Gasteiger partial charge is 0.494 e. The summed E-state index contributed by atoms with van der Waals surface area (Å²) in [5.74, 6) is 0.546. The molecule has 1 aliphatic rings. The normalized spacial score (nSPS) is 17.0. The predicted octanol–water partition coefficient (Wildman–Crippen LogP) is 6.99. The molecule has 2 atom stereocenters. The molecule has 0 saturated carbocycles. The van der Waals surface area contributed by atoms with Gasteiger partial charge in [0.05, 0.1) is 13.2 Å². The summed E-state index contributed by atoms with van der Waals surface area (Å²) in [6, 6.07) is 29.7. The lowest BCUT2D eigenvalue weighted by Crippen LogP contribution is -2.53. The van der Waals surface area contributed by atoms with Gasteiger partial charge in [0, 0.05) is 46.0 Å². The summed E-state index contributed by atoms with van der Waals surface area (Å²) < 4.78 is 13.2. The number of nitrogens with zero attached hydrogens (tertiary/aromatic N) is 4. The monoisotopic (exact) mass is 702 g/mol. The molecule has 1 heterocycles. The number of aliphatic hydroxyl groups is 1. The summed E-state index contributed by atoms with van der Waals surface area (Å²) in [6.45, 7) is 0.910. The number of aliphatic imine (C=N–C) groups is 1. The lowest BCUT2D eigenvalue weighted by atomic mass is 9.81. The molecule has 12 heteroatoms. The summed E-state index contributed by atoms with van der Waals surface area (Å²) >= 11 is 9.55. The number of aliphatic hydroxyl groups excluding tert-OH is 1. The lowest BCUT2D eigenvalue weighted by molar-refractivity contribution is -0.130. The van der Waals surface area contributed by atoms with E-state index in [-0.39, 0.29) is 19.6 Å². The van der Waals surface area contributed by atoms with Gasteiger partial charge < -0.3 is 14.6 Å². The Morgan fingerprint density at radius 1 is 1.04 bits per heavy atom. The second-order valence-electron chi connectivity index (χ2n) is 10.6. The third-order valence-corrected chi connectivity index (χ3v) is 8.27. The fourth-order valence-electron chi connectivity index (χ4n) is 5.14. The average molecular weight is 704 g/mol. The molecular formula is C34H32BrClN6O4. The number of azide groups is 1. The minimum absolute atomic E-state index is 0.0465. The zero-order valence-electron chi connectivity index (χ0n) is 24.8. The van der Waals surface area contributed by atoms with Crippen LogP contribution in [0, 0.1) is 0 Å². The molecule has 0 fully saturated rings. The van der Waals surface area contributed by atoms with Gasteiger partial charge in [-0.25, -0.2) is 10.4 Å². The molecule has 5 rings (SSSR count). The van der Waals surface area contributed by atoms with Crippen molar-refractivity contribution in [3.63, 3.8) is 0 Å². The summed E-state index contributed by atoms with van der Waals surface area (Å²) in [6.07, 6.45) is -0.122. The van der Waals surface area contributed by atoms with Crippen LogP contribution in [0.4, 0.5) is 0 Å². The number of halogens is 2. The zero-order chi connectivity index (χ0) is 32.4. The minimum atomic E-state index is -1.46. The van der Waals surface area contributed by atoms with Crippen LogP contribution in [0.3, 0.4) is 0 Å². The first-order valence-corrected chi connectivity index (χ1v) is 15.8. The third kappa shape index (κ3) is 8.06. The Kier molecular flexibility index (Phi) is 11.3. The fourth-order valence-corrected chi connectivity index (χ4v) is 5.53.